The molecule has 1 aromatic carbocycles. The first-order valence-corrected chi connectivity index (χ1v) is 13.0. The molecule has 0 radical (unpaired) electrons. The third-order valence-corrected chi connectivity index (χ3v) is 7.81. The largest absolute Gasteiger partial charge is 0.380 e. The van der Waals surface area contributed by atoms with Crippen molar-refractivity contribution in [1.82, 2.24) is 5.32 Å². The number of nitrogens with one attached hydrogen (secondary N) is 1. The molecule has 0 aliphatic heterocycles. The predicted molar refractivity (Wildman–Crippen MR) is 137 cm³/mol. The minimum atomic E-state index is 0.125. The van der Waals surface area contributed by atoms with Gasteiger partial charge in [0, 0.05) is 18.0 Å². The lowest BCUT2D eigenvalue weighted by atomic mass is 9.66. The maximum Gasteiger partial charge on any atom is 0.166 e. The number of rotatable bonds is 11. The van der Waals surface area contributed by atoms with Gasteiger partial charge in [0.25, 0.3) is 0 Å². The summed E-state index contributed by atoms with van der Waals surface area (Å²) < 4.78 is 0. The van der Waals surface area contributed by atoms with Gasteiger partial charge in [-0.3, -0.25) is 4.79 Å². The van der Waals surface area contributed by atoms with E-state index >= 15 is 0 Å². The molecular formula is C28H43NOS. The molecule has 0 aromatic heterocycles. The molecular weight excluding hydrogens is 398 g/mol. The number of ketones is 1. The first-order valence-electron chi connectivity index (χ1n) is 12.1. The van der Waals surface area contributed by atoms with E-state index in [4.69, 9.17) is 0 Å². The van der Waals surface area contributed by atoms with E-state index in [0.717, 1.165) is 42.3 Å². The Bertz CT molecular complexity index is 723. The maximum atomic E-state index is 13.5. The van der Waals surface area contributed by atoms with Crippen LogP contribution in [-0.4, -0.2) is 12.3 Å². The van der Waals surface area contributed by atoms with Gasteiger partial charge in [-0.25, -0.2) is 0 Å². The van der Waals surface area contributed by atoms with Crippen LogP contribution >= 0.6 is 11.8 Å². The molecule has 1 aromatic rings. The molecule has 0 bridgehead atoms. The Kier molecular flexibility index (Phi) is 10.4. The van der Waals surface area contributed by atoms with Crippen LogP contribution in [0.15, 0.2) is 52.9 Å². The van der Waals surface area contributed by atoms with Crippen LogP contribution in [0.3, 0.4) is 0 Å². The molecule has 2 rings (SSSR count). The summed E-state index contributed by atoms with van der Waals surface area (Å²) in [7, 11) is 0. The van der Waals surface area contributed by atoms with Crippen LogP contribution in [0.1, 0.15) is 89.9 Å². The molecule has 1 saturated carbocycles. The number of Topliss-reactive ketones (excluding diaryl/α,β-unsaturated/α-hetero) is 1. The quantitative estimate of drug-likeness (QED) is 0.351. The van der Waals surface area contributed by atoms with Crippen LogP contribution in [0, 0.1) is 23.2 Å². The van der Waals surface area contributed by atoms with Crippen molar-refractivity contribution >= 4 is 17.5 Å². The molecule has 3 heteroatoms. The molecule has 0 amide bonds. The highest BCUT2D eigenvalue weighted by atomic mass is 32.2. The average molecular weight is 442 g/mol. The Balaban J connectivity index is 2.10. The molecule has 0 spiro atoms. The van der Waals surface area contributed by atoms with Crippen molar-refractivity contribution < 1.29 is 4.79 Å². The van der Waals surface area contributed by atoms with Crippen molar-refractivity contribution in [1.29, 1.82) is 0 Å². The summed E-state index contributed by atoms with van der Waals surface area (Å²) in [6, 6.07) is 9.95. The number of carbonyl (C=O) groups excluding carboxylic acids is 1. The first kappa shape index (κ1) is 25.8. The lowest BCUT2D eigenvalue weighted by molar-refractivity contribution is 0.0763. The monoisotopic (exact) mass is 441 g/mol. The molecule has 1 atom stereocenters. The number of hydrogen-bond donors (Lipinski definition) is 1. The normalized spacial score (nSPS) is 20.9. The van der Waals surface area contributed by atoms with Crippen molar-refractivity contribution in [2.45, 2.75) is 79.6 Å². The van der Waals surface area contributed by atoms with Crippen molar-refractivity contribution in [2.75, 3.05) is 6.54 Å². The summed E-state index contributed by atoms with van der Waals surface area (Å²) in [6.45, 7) is 16.4. The van der Waals surface area contributed by atoms with Gasteiger partial charge in [-0.2, -0.15) is 0 Å². The van der Waals surface area contributed by atoms with Crippen molar-refractivity contribution in [3.63, 3.8) is 0 Å². The van der Waals surface area contributed by atoms with Crippen LogP contribution < -0.4 is 5.32 Å². The minimum absolute atomic E-state index is 0.125. The summed E-state index contributed by atoms with van der Waals surface area (Å²) in [5, 5.41) is 6.50. The van der Waals surface area contributed by atoms with Crippen LogP contribution in [0.2, 0.25) is 0 Å². The molecule has 31 heavy (non-hydrogen) atoms. The van der Waals surface area contributed by atoms with Gasteiger partial charge in [0.15, 0.2) is 5.78 Å². The second-order valence-electron chi connectivity index (χ2n) is 10.1. The maximum absolute atomic E-state index is 13.5. The van der Waals surface area contributed by atoms with Gasteiger partial charge >= 0.3 is 0 Å². The van der Waals surface area contributed by atoms with Crippen LogP contribution in [0.25, 0.3) is 0 Å². The fourth-order valence-electron chi connectivity index (χ4n) is 4.84. The Hall–Kier alpha value is -1.48. The van der Waals surface area contributed by atoms with Gasteiger partial charge in [0.1, 0.15) is 0 Å². The van der Waals surface area contributed by atoms with Gasteiger partial charge in [-0.05, 0) is 74.5 Å². The Labute approximate surface area is 195 Å². The molecule has 2 nitrogen and oxygen atoms in total. The zero-order valence-corrected chi connectivity index (χ0v) is 21.2. The number of thioether (sulfide) groups is 1. The van der Waals surface area contributed by atoms with Gasteiger partial charge in [0.05, 0.1) is 5.03 Å². The number of benzene rings is 1. The molecule has 1 fully saturated rings. The SMILES string of the molecule is C=C(NCC)S/C=C(\CC)CCC(C(=O)c1ccccc1)C1CCC(C(C)(C)C)CC1. The van der Waals surface area contributed by atoms with E-state index in [1.165, 1.54) is 31.3 Å². The predicted octanol–water partition coefficient (Wildman–Crippen LogP) is 8.23. The Morgan fingerprint density at radius 2 is 1.81 bits per heavy atom. The van der Waals surface area contributed by atoms with E-state index < -0.39 is 0 Å². The number of hydrogen-bond acceptors (Lipinski definition) is 3. The van der Waals surface area contributed by atoms with E-state index in [-0.39, 0.29) is 5.92 Å². The molecule has 1 aliphatic carbocycles. The van der Waals surface area contributed by atoms with Crippen LogP contribution in [0.4, 0.5) is 0 Å². The average Bonchev–Trinajstić information content (AvgIpc) is 2.76. The third kappa shape index (κ3) is 8.18. The highest BCUT2D eigenvalue weighted by Crippen LogP contribution is 2.43. The fourth-order valence-corrected chi connectivity index (χ4v) is 5.66. The fraction of sp³-hybridized carbons (Fsp3) is 0.607. The second-order valence-corrected chi connectivity index (χ2v) is 11.0. The van der Waals surface area contributed by atoms with Crippen molar-refractivity contribution in [3.05, 3.63) is 58.5 Å². The summed E-state index contributed by atoms with van der Waals surface area (Å²) in [6.07, 6.45) is 7.83. The van der Waals surface area contributed by atoms with Gasteiger partial charge < -0.3 is 5.32 Å². The molecule has 1 aliphatic rings. The van der Waals surface area contributed by atoms with E-state index in [2.05, 4.69) is 51.9 Å². The second kappa shape index (κ2) is 12.5. The van der Waals surface area contributed by atoms with E-state index in [1.54, 1.807) is 11.8 Å². The standard InChI is InChI=1S/C28H43NOS/c1-7-22(20-31-21(3)29-8-2)14-19-26(27(30)24-12-10-9-11-13-24)23-15-17-25(18-16-23)28(4,5)6/h9-13,20,23,25-26,29H,3,7-8,14-19H2,1-2,4-6H3/b22-20+. The smallest absolute Gasteiger partial charge is 0.166 e. The highest BCUT2D eigenvalue weighted by molar-refractivity contribution is 8.05. The molecule has 1 N–H and O–H groups in total. The van der Waals surface area contributed by atoms with E-state index in [0.29, 0.717) is 17.1 Å². The number of allylic oxidation sites excluding steroid dienone is 1. The van der Waals surface area contributed by atoms with Crippen LogP contribution in [0.5, 0.6) is 0 Å². The Morgan fingerprint density at radius 3 is 2.35 bits per heavy atom. The lowest BCUT2D eigenvalue weighted by Gasteiger charge is -2.39. The summed E-state index contributed by atoms with van der Waals surface area (Å²) >= 11 is 1.68. The van der Waals surface area contributed by atoms with Crippen LogP contribution in [-0.2, 0) is 0 Å². The van der Waals surface area contributed by atoms with E-state index in [1.807, 2.05) is 30.3 Å². The van der Waals surface area contributed by atoms with Crippen molar-refractivity contribution in [2.24, 2.45) is 23.2 Å². The number of carbonyl (C=O) groups is 1. The molecule has 1 unspecified atom stereocenters. The summed E-state index contributed by atoms with van der Waals surface area (Å²) in [5.41, 5.74) is 2.66. The molecule has 0 saturated heterocycles. The highest BCUT2D eigenvalue weighted by Gasteiger charge is 2.35. The molecule has 172 valence electrons. The third-order valence-electron chi connectivity index (χ3n) is 6.93. The summed E-state index contributed by atoms with van der Waals surface area (Å²) in [4.78, 5) is 13.5. The van der Waals surface area contributed by atoms with E-state index in [9.17, 15) is 4.79 Å². The Morgan fingerprint density at radius 1 is 1.16 bits per heavy atom. The minimum Gasteiger partial charge on any atom is -0.380 e. The van der Waals surface area contributed by atoms with Gasteiger partial charge in [-0.15, -0.1) is 0 Å². The zero-order valence-electron chi connectivity index (χ0n) is 20.4. The lowest BCUT2D eigenvalue weighted by Crippen LogP contribution is -2.32. The first-order chi connectivity index (χ1) is 14.8. The molecule has 0 heterocycles. The zero-order chi connectivity index (χ0) is 22.9. The van der Waals surface area contributed by atoms with Gasteiger partial charge in [-0.1, -0.05) is 81.9 Å². The summed E-state index contributed by atoms with van der Waals surface area (Å²) in [5.74, 6) is 1.75. The van der Waals surface area contributed by atoms with Gasteiger partial charge in [0.2, 0.25) is 0 Å². The van der Waals surface area contributed by atoms with Crippen molar-refractivity contribution in [3.8, 4) is 0 Å². The topological polar surface area (TPSA) is 29.1 Å².